The molecule has 0 saturated carbocycles. The fraction of sp³-hybridized carbons (Fsp3) is 0.429. The lowest BCUT2D eigenvalue weighted by Gasteiger charge is -2.14. The minimum absolute atomic E-state index is 0.0628. The van der Waals surface area contributed by atoms with Crippen molar-refractivity contribution in [2.75, 3.05) is 0 Å². The second-order valence-corrected chi connectivity index (χ2v) is 4.72. The number of hydrogen-bond donors (Lipinski definition) is 1. The number of carboxylic acids is 1. The van der Waals surface area contributed by atoms with Gasteiger partial charge in [0.2, 0.25) is 0 Å². The van der Waals surface area contributed by atoms with E-state index in [4.69, 9.17) is 5.11 Å². The normalized spacial score (nSPS) is 11.4. The molecule has 0 aliphatic carbocycles. The van der Waals surface area contributed by atoms with Crippen LogP contribution in [0.2, 0.25) is 0 Å². The molecule has 0 saturated heterocycles. The van der Waals surface area contributed by atoms with Gasteiger partial charge in [-0.05, 0) is 12.8 Å². The first kappa shape index (κ1) is 14.4. The zero-order valence-corrected chi connectivity index (χ0v) is 11.4. The van der Waals surface area contributed by atoms with Gasteiger partial charge in [0.15, 0.2) is 11.6 Å². The maximum Gasteiger partial charge on any atom is 0.323 e. The van der Waals surface area contributed by atoms with Crippen LogP contribution in [0.4, 0.5) is 8.78 Å². The topological polar surface area (TPSA) is 55.1 Å². The Balaban J connectivity index is 2.69. The second-order valence-electron chi connectivity index (χ2n) is 4.72. The molecule has 1 heterocycles. The van der Waals surface area contributed by atoms with Crippen molar-refractivity contribution in [1.82, 2.24) is 9.55 Å². The average molecular weight is 282 g/mol. The Kier molecular flexibility index (Phi) is 4.01. The molecular formula is C14H16F2N2O2. The van der Waals surface area contributed by atoms with E-state index in [1.165, 1.54) is 4.57 Å². The van der Waals surface area contributed by atoms with Crippen molar-refractivity contribution in [2.24, 2.45) is 0 Å². The molecule has 1 aromatic heterocycles. The third kappa shape index (κ3) is 2.50. The van der Waals surface area contributed by atoms with Crippen LogP contribution < -0.4 is 0 Å². The SMILES string of the molecule is CCC(CC)c1nc2cc(F)c(F)cc2n1CC(=O)O. The molecule has 0 aliphatic rings. The van der Waals surface area contributed by atoms with Crippen LogP contribution in [0, 0.1) is 11.6 Å². The summed E-state index contributed by atoms with van der Waals surface area (Å²) >= 11 is 0. The van der Waals surface area contributed by atoms with Gasteiger partial charge in [-0.2, -0.15) is 0 Å². The van der Waals surface area contributed by atoms with E-state index in [2.05, 4.69) is 4.98 Å². The van der Waals surface area contributed by atoms with E-state index < -0.39 is 17.6 Å². The first-order chi connectivity index (χ1) is 9.47. The number of carbonyl (C=O) groups is 1. The number of rotatable bonds is 5. The smallest absolute Gasteiger partial charge is 0.323 e. The molecule has 108 valence electrons. The average Bonchev–Trinajstić information content (AvgIpc) is 2.70. The number of nitrogens with zero attached hydrogens (tertiary/aromatic N) is 2. The molecule has 0 fully saturated rings. The van der Waals surface area contributed by atoms with Crippen LogP contribution in [0.15, 0.2) is 12.1 Å². The molecule has 1 aromatic carbocycles. The molecule has 2 rings (SSSR count). The van der Waals surface area contributed by atoms with Crippen molar-refractivity contribution in [3.05, 3.63) is 29.6 Å². The van der Waals surface area contributed by atoms with Gasteiger partial charge >= 0.3 is 5.97 Å². The molecule has 0 aliphatic heterocycles. The lowest BCUT2D eigenvalue weighted by Crippen LogP contribution is -2.14. The highest BCUT2D eigenvalue weighted by atomic mass is 19.2. The van der Waals surface area contributed by atoms with Crippen LogP contribution in [0.25, 0.3) is 11.0 Å². The number of carboxylic acid groups (broad SMARTS) is 1. The van der Waals surface area contributed by atoms with Crippen molar-refractivity contribution in [1.29, 1.82) is 0 Å². The van der Waals surface area contributed by atoms with E-state index in [1.807, 2.05) is 13.8 Å². The highest BCUT2D eigenvalue weighted by molar-refractivity contribution is 5.78. The number of hydrogen-bond acceptors (Lipinski definition) is 2. The van der Waals surface area contributed by atoms with E-state index >= 15 is 0 Å². The summed E-state index contributed by atoms with van der Waals surface area (Å²) in [5.74, 6) is -2.39. The summed E-state index contributed by atoms with van der Waals surface area (Å²) in [7, 11) is 0. The zero-order valence-electron chi connectivity index (χ0n) is 11.4. The molecule has 0 radical (unpaired) electrons. The van der Waals surface area contributed by atoms with Crippen LogP contribution >= 0.6 is 0 Å². The van der Waals surface area contributed by atoms with Gasteiger partial charge in [-0.15, -0.1) is 0 Å². The second kappa shape index (κ2) is 5.56. The van der Waals surface area contributed by atoms with Crippen LogP contribution in [0.3, 0.4) is 0 Å². The lowest BCUT2D eigenvalue weighted by molar-refractivity contribution is -0.137. The van der Waals surface area contributed by atoms with Crippen LogP contribution in [0.1, 0.15) is 38.4 Å². The Morgan fingerprint density at radius 2 is 1.90 bits per heavy atom. The van der Waals surface area contributed by atoms with Gasteiger partial charge in [-0.1, -0.05) is 13.8 Å². The molecule has 2 aromatic rings. The van der Waals surface area contributed by atoms with Crippen LogP contribution in [-0.2, 0) is 11.3 Å². The highest BCUT2D eigenvalue weighted by Gasteiger charge is 2.20. The summed E-state index contributed by atoms with van der Waals surface area (Å²) in [6.07, 6.45) is 1.56. The number of aliphatic carboxylic acids is 1. The van der Waals surface area contributed by atoms with Crippen molar-refractivity contribution in [3.8, 4) is 0 Å². The number of benzene rings is 1. The Morgan fingerprint density at radius 1 is 1.30 bits per heavy atom. The number of imidazole rings is 1. The lowest BCUT2D eigenvalue weighted by atomic mass is 10.0. The van der Waals surface area contributed by atoms with Crippen molar-refractivity contribution in [3.63, 3.8) is 0 Å². The third-order valence-corrected chi connectivity index (χ3v) is 3.46. The summed E-state index contributed by atoms with van der Waals surface area (Å²) in [6.45, 7) is 3.63. The van der Waals surface area contributed by atoms with Gasteiger partial charge < -0.3 is 9.67 Å². The fourth-order valence-electron chi connectivity index (χ4n) is 2.41. The Hall–Kier alpha value is -1.98. The monoisotopic (exact) mass is 282 g/mol. The van der Waals surface area contributed by atoms with E-state index in [0.29, 0.717) is 11.3 Å². The predicted molar refractivity (Wildman–Crippen MR) is 70.6 cm³/mol. The predicted octanol–water partition coefficient (Wildman–Crippen LogP) is 3.30. The fourth-order valence-corrected chi connectivity index (χ4v) is 2.41. The van der Waals surface area contributed by atoms with Gasteiger partial charge in [0, 0.05) is 18.1 Å². The molecule has 0 spiro atoms. The van der Waals surface area contributed by atoms with E-state index in [9.17, 15) is 13.6 Å². The maximum atomic E-state index is 13.4. The summed E-state index contributed by atoms with van der Waals surface area (Å²) < 4.78 is 28.1. The van der Waals surface area contributed by atoms with Crippen LogP contribution in [0.5, 0.6) is 0 Å². The third-order valence-electron chi connectivity index (χ3n) is 3.46. The summed E-state index contributed by atoms with van der Waals surface area (Å²) in [6, 6.07) is 2.02. The summed E-state index contributed by atoms with van der Waals surface area (Å²) in [5, 5.41) is 9.00. The molecule has 20 heavy (non-hydrogen) atoms. The molecule has 4 nitrogen and oxygen atoms in total. The zero-order chi connectivity index (χ0) is 14.9. The van der Waals surface area contributed by atoms with E-state index in [1.54, 1.807) is 0 Å². The molecular weight excluding hydrogens is 266 g/mol. The number of fused-ring (bicyclic) bond motifs is 1. The summed E-state index contributed by atoms with van der Waals surface area (Å²) in [5.41, 5.74) is 0.597. The van der Waals surface area contributed by atoms with Crippen molar-refractivity contribution < 1.29 is 18.7 Å². The first-order valence-electron chi connectivity index (χ1n) is 6.54. The van der Waals surface area contributed by atoms with Crippen molar-refractivity contribution in [2.45, 2.75) is 39.2 Å². The Morgan fingerprint density at radius 3 is 2.45 bits per heavy atom. The molecule has 6 heteroatoms. The molecule has 0 atom stereocenters. The standard InChI is InChI=1S/C14H16F2N2O2/c1-3-8(4-2)14-17-11-5-9(15)10(16)6-12(11)18(14)7-13(19)20/h5-6,8H,3-4,7H2,1-2H3,(H,19,20). The Bertz CT molecular complexity index is 648. The maximum absolute atomic E-state index is 13.4. The van der Waals surface area contributed by atoms with Gasteiger partial charge in [0.1, 0.15) is 12.4 Å². The Labute approximate surface area is 115 Å². The van der Waals surface area contributed by atoms with Gasteiger partial charge in [0.25, 0.3) is 0 Å². The molecule has 0 bridgehead atoms. The number of aromatic nitrogens is 2. The summed E-state index contributed by atoms with van der Waals surface area (Å²) in [4.78, 5) is 15.3. The highest BCUT2D eigenvalue weighted by Crippen LogP contribution is 2.28. The quantitative estimate of drug-likeness (QED) is 0.915. The number of halogens is 2. The largest absolute Gasteiger partial charge is 0.480 e. The van der Waals surface area contributed by atoms with Crippen LogP contribution in [-0.4, -0.2) is 20.6 Å². The minimum Gasteiger partial charge on any atom is -0.480 e. The first-order valence-corrected chi connectivity index (χ1v) is 6.54. The van der Waals surface area contributed by atoms with Crippen molar-refractivity contribution >= 4 is 17.0 Å². The minimum atomic E-state index is -1.04. The molecule has 1 N–H and O–H groups in total. The van der Waals surface area contributed by atoms with E-state index in [0.717, 1.165) is 25.0 Å². The van der Waals surface area contributed by atoms with E-state index in [-0.39, 0.29) is 18.0 Å². The van der Waals surface area contributed by atoms with Gasteiger partial charge in [0.05, 0.1) is 11.0 Å². The van der Waals surface area contributed by atoms with Gasteiger partial charge in [-0.3, -0.25) is 4.79 Å². The molecule has 0 unspecified atom stereocenters. The molecule has 0 amide bonds. The van der Waals surface area contributed by atoms with Gasteiger partial charge in [-0.25, -0.2) is 13.8 Å².